The van der Waals surface area contributed by atoms with Gasteiger partial charge in [0, 0.05) is 26.7 Å². The first kappa shape index (κ1) is 15.4. The molecule has 0 radical (unpaired) electrons. The number of likely N-dealkylation sites (N-methyl/N-ethyl adjacent to an activating group) is 1. The zero-order valence-electron chi connectivity index (χ0n) is 12.6. The molecule has 1 atom stereocenters. The first-order valence-corrected chi connectivity index (χ1v) is 6.96. The lowest BCUT2D eigenvalue weighted by Crippen LogP contribution is -2.47. The van der Waals surface area contributed by atoms with Gasteiger partial charge in [0.2, 0.25) is 5.91 Å². The van der Waals surface area contributed by atoms with Gasteiger partial charge >= 0.3 is 0 Å². The highest BCUT2D eigenvalue weighted by molar-refractivity contribution is 5.82. The first-order valence-electron chi connectivity index (χ1n) is 6.96. The van der Waals surface area contributed by atoms with Gasteiger partial charge in [-0.3, -0.25) is 9.69 Å². The molecule has 1 fully saturated rings. The van der Waals surface area contributed by atoms with Gasteiger partial charge in [0.15, 0.2) is 0 Å². The zero-order chi connectivity index (χ0) is 13.9. The second kappa shape index (κ2) is 6.02. The number of nitrogens with two attached hydrogens (primary N) is 1. The summed E-state index contributed by atoms with van der Waals surface area (Å²) in [5.41, 5.74) is 5.82. The van der Waals surface area contributed by atoms with Gasteiger partial charge in [0.1, 0.15) is 0 Å². The van der Waals surface area contributed by atoms with E-state index in [9.17, 15) is 4.79 Å². The Kier molecular flexibility index (Phi) is 5.17. The third kappa shape index (κ3) is 3.95. The van der Waals surface area contributed by atoms with Crippen LogP contribution in [0, 0.1) is 11.3 Å². The van der Waals surface area contributed by atoms with Crippen LogP contribution < -0.4 is 5.73 Å². The molecule has 4 nitrogen and oxygen atoms in total. The SMILES string of the molecule is CC(C)CN1CC(C)(C)CN(C)C(=O)C1CCN. The topological polar surface area (TPSA) is 49.6 Å². The predicted octanol–water partition coefficient (Wildman–Crippen LogP) is 1.16. The van der Waals surface area contributed by atoms with Crippen LogP contribution in [0.5, 0.6) is 0 Å². The molecule has 1 aliphatic heterocycles. The second-order valence-corrected chi connectivity index (χ2v) is 6.77. The molecule has 1 heterocycles. The fraction of sp³-hybridized carbons (Fsp3) is 0.929. The molecular weight excluding hydrogens is 226 g/mol. The summed E-state index contributed by atoms with van der Waals surface area (Å²) >= 11 is 0. The molecule has 1 rings (SSSR count). The van der Waals surface area contributed by atoms with Gasteiger partial charge in [-0.15, -0.1) is 0 Å². The molecule has 1 unspecified atom stereocenters. The Morgan fingerprint density at radius 3 is 2.50 bits per heavy atom. The summed E-state index contributed by atoms with van der Waals surface area (Å²) in [6.07, 6.45) is 0.756. The molecule has 1 amide bonds. The Morgan fingerprint density at radius 1 is 1.39 bits per heavy atom. The molecule has 0 spiro atoms. The summed E-state index contributed by atoms with van der Waals surface area (Å²) in [5.74, 6) is 0.795. The number of hydrogen-bond acceptors (Lipinski definition) is 3. The lowest BCUT2D eigenvalue weighted by atomic mass is 9.92. The highest BCUT2D eigenvalue weighted by atomic mass is 16.2. The molecule has 0 aromatic rings. The average molecular weight is 255 g/mol. The largest absolute Gasteiger partial charge is 0.344 e. The van der Waals surface area contributed by atoms with E-state index in [4.69, 9.17) is 5.73 Å². The normalized spacial score (nSPS) is 25.6. The van der Waals surface area contributed by atoms with E-state index in [1.807, 2.05) is 11.9 Å². The summed E-state index contributed by atoms with van der Waals surface area (Å²) < 4.78 is 0. The minimum absolute atomic E-state index is 0.0378. The highest BCUT2D eigenvalue weighted by Gasteiger charge is 2.37. The molecular formula is C14H29N3O. The van der Waals surface area contributed by atoms with Crippen molar-refractivity contribution in [3.63, 3.8) is 0 Å². The van der Waals surface area contributed by atoms with Crippen molar-refractivity contribution in [2.75, 3.05) is 33.2 Å². The molecule has 106 valence electrons. The van der Waals surface area contributed by atoms with Crippen LogP contribution in [-0.4, -0.2) is 55.0 Å². The monoisotopic (exact) mass is 255 g/mol. The van der Waals surface area contributed by atoms with Crippen LogP contribution in [0.3, 0.4) is 0 Å². The van der Waals surface area contributed by atoms with Crippen molar-refractivity contribution in [2.45, 2.75) is 40.2 Å². The molecule has 0 aromatic heterocycles. The van der Waals surface area contributed by atoms with Crippen molar-refractivity contribution in [3.8, 4) is 0 Å². The van der Waals surface area contributed by atoms with Crippen molar-refractivity contribution in [3.05, 3.63) is 0 Å². The van der Waals surface area contributed by atoms with Crippen LogP contribution in [0.4, 0.5) is 0 Å². The maximum Gasteiger partial charge on any atom is 0.239 e. The van der Waals surface area contributed by atoms with E-state index in [-0.39, 0.29) is 17.4 Å². The molecule has 18 heavy (non-hydrogen) atoms. The Bertz CT molecular complexity index is 289. The van der Waals surface area contributed by atoms with E-state index in [1.165, 1.54) is 0 Å². The highest BCUT2D eigenvalue weighted by Crippen LogP contribution is 2.26. The number of amides is 1. The molecule has 1 aliphatic rings. The van der Waals surface area contributed by atoms with Crippen LogP contribution in [0.1, 0.15) is 34.1 Å². The van der Waals surface area contributed by atoms with Crippen LogP contribution in [0.2, 0.25) is 0 Å². The van der Waals surface area contributed by atoms with E-state index >= 15 is 0 Å². The minimum atomic E-state index is -0.0378. The van der Waals surface area contributed by atoms with Gasteiger partial charge in [-0.2, -0.15) is 0 Å². The van der Waals surface area contributed by atoms with Crippen LogP contribution in [-0.2, 0) is 4.79 Å². The van der Waals surface area contributed by atoms with Crippen molar-refractivity contribution in [1.29, 1.82) is 0 Å². The van der Waals surface area contributed by atoms with Gasteiger partial charge in [-0.05, 0) is 24.3 Å². The molecule has 0 saturated carbocycles. The van der Waals surface area contributed by atoms with Crippen molar-refractivity contribution in [1.82, 2.24) is 9.80 Å². The summed E-state index contributed by atoms with van der Waals surface area (Å²) in [7, 11) is 1.91. The molecule has 0 aromatic carbocycles. The van der Waals surface area contributed by atoms with E-state index < -0.39 is 0 Å². The van der Waals surface area contributed by atoms with Gasteiger partial charge in [-0.1, -0.05) is 27.7 Å². The minimum Gasteiger partial charge on any atom is -0.344 e. The smallest absolute Gasteiger partial charge is 0.239 e. The fourth-order valence-electron chi connectivity index (χ4n) is 2.97. The standard InChI is InChI=1S/C14H29N3O/c1-11(2)8-17-10-14(3,4)9-16(5)13(18)12(17)6-7-15/h11-12H,6-10,15H2,1-5H3. The molecule has 4 heteroatoms. The van der Waals surface area contributed by atoms with Gasteiger partial charge in [-0.25, -0.2) is 0 Å². The molecule has 0 bridgehead atoms. The average Bonchev–Trinajstić information content (AvgIpc) is 2.28. The summed E-state index contributed by atoms with van der Waals surface area (Å²) in [4.78, 5) is 16.7. The Labute approximate surface area is 111 Å². The molecule has 0 aliphatic carbocycles. The van der Waals surface area contributed by atoms with Crippen LogP contribution in [0.25, 0.3) is 0 Å². The van der Waals surface area contributed by atoms with Crippen molar-refractivity contribution < 1.29 is 4.79 Å². The van der Waals surface area contributed by atoms with Gasteiger partial charge in [0.05, 0.1) is 6.04 Å². The van der Waals surface area contributed by atoms with Gasteiger partial charge < -0.3 is 10.6 Å². The van der Waals surface area contributed by atoms with Gasteiger partial charge in [0.25, 0.3) is 0 Å². The third-order valence-electron chi connectivity index (χ3n) is 3.44. The summed E-state index contributed by atoms with van der Waals surface area (Å²) in [6.45, 7) is 12.2. The number of nitrogens with zero attached hydrogens (tertiary/aromatic N) is 2. The Balaban J connectivity index is 2.95. The number of carbonyl (C=O) groups excluding carboxylic acids is 1. The molecule has 1 saturated heterocycles. The maximum atomic E-state index is 12.4. The Morgan fingerprint density at radius 2 is 2.00 bits per heavy atom. The lowest BCUT2D eigenvalue weighted by Gasteiger charge is -2.33. The van der Waals surface area contributed by atoms with Crippen molar-refractivity contribution in [2.24, 2.45) is 17.1 Å². The maximum absolute atomic E-state index is 12.4. The Hall–Kier alpha value is -0.610. The van der Waals surface area contributed by atoms with Crippen molar-refractivity contribution >= 4 is 5.91 Å². The molecule has 2 N–H and O–H groups in total. The second-order valence-electron chi connectivity index (χ2n) is 6.77. The number of carbonyl (C=O) groups is 1. The van der Waals surface area contributed by atoms with Crippen LogP contribution in [0.15, 0.2) is 0 Å². The van der Waals surface area contributed by atoms with E-state index in [2.05, 4.69) is 32.6 Å². The van der Waals surface area contributed by atoms with E-state index in [0.29, 0.717) is 12.5 Å². The summed E-state index contributed by atoms with van der Waals surface area (Å²) in [6, 6.07) is -0.0378. The predicted molar refractivity (Wildman–Crippen MR) is 75.3 cm³/mol. The third-order valence-corrected chi connectivity index (χ3v) is 3.44. The summed E-state index contributed by atoms with van der Waals surface area (Å²) in [5, 5.41) is 0. The first-order chi connectivity index (χ1) is 8.26. The number of rotatable bonds is 4. The van der Waals surface area contributed by atoms with E-state index in [0.717, 1.165) is 26.1 Å². The number of hydrogen-bond donors (Lipinski definition) is 1. The quantitative estimate of drug-likeness (QED) is 0.820. The lowest BCUT2D eigenvalue weighted by molar-refractivity contribution is -0.134. The van der Waals surface area contributed by atoms with E-state index in [1.54, 1.807) is 0 Å². The fourth-order valence-corrected chi connectivity index (χ4v) is 2.97. The van der Waals surface area contributed by atoms with Crippen LogP contribution >= 0.6 is 0 Å². The zero-order valence-corrected chi connectivity index (χ0v) is 12.6.